The highest BCUT2D eigenvalue weighted by Crippen LogP contribution is 2.19. The van der Waals surface area contributed by atoms with Crippen molar-refractivity contribution in [1.82, 2.24) is 20.1 Å². The van der Waals surface area contributed by atoms with Crippen molar-refractivity contribution in [3.05, 3.63) is 59.9 Å². The van der Waals surface area contributed by atoms with E-state index in [-0.39, 0.29) is 24.1 Å². The first-order valence-corrected chi connectivity index (χ1v) is 10.2. The van der Waals surface area contributed by atoms with Gasteiger partial charge in [0.25, 0.3) is 5.91 Å². The van der Waals surface area contributed by atoms with Crippen LogP contribution in [-0.4, -0.2) is 71.3 Å². The molecule has 1 fully saturated rings. The first-order valence-electron chi connectivity index (χ1n) is 10.2. The third-order valence-corrected chi connectivity index (χ3v) is 5.62. The maximum Gasteiger partial charge on any atom is 0.254 e. The van der Waals surface area contributed by atoms with Gasteiger partial charge in [0.2, 0.25) is 11.8 Å². The van der Waals surface area contributed by atoms with Crippen LogP contribution in [0.4, 0.5) is 5.69 Å². The molecule has 0 aliphatic carbocycles. The highest BCUT2D eigenvalue weighted by Gasteiger charge is 2.31. The highest BCUT2D eigenvalue weighted by molar-refractivity contribution is 6.10. The van der Waals surface area contributed by atoms with Gasteiger partial charge in [0.05, 0.1) is 17.7 Å². The number of carbonyl (C=O) groups excluding carboxylic acids is 3. The molecule has 156 valence electrons. The van der Waals surface area contributed by atoms with E-state index < -0.39 is 6.04 Å². The first-order chi connectivity index (χ1) is 14.6. The molecule has 3 amide bonds. The molecule has 1 aromatic heterocycles. The number of nitrogens with one attached hydrogen (secondary N) is 2. The Labute approximate surface area is 175 Å². The minimum absolute atomic E-state index is 0.0391. The summed E-state index contributed by atoms with van der Waals surface area (Å²) in [6.45, 7) is 3.78. The molecule has 0 spiro atoms. The second kappa shape index (κ2) is 9.04. The smallest absolute Gasteiger partial charge is 0.254 e. The van der Waals surface area contributed by atoms with Crippen LogP contribution in [0.15, 0.2) is 48.8 Å². The Morgan fingerprint density at radius 3 is 2.53 bits per heavy atom. The molecule has 2 aromatic rings. The van der Waals surface area contributed by atoms with Crippen LogP contribution in [0, 0.1) is 0 Å². The van der Waals surface area contributed by atoms with E-state index in [1.54, 1.807) is 41.6 Å². The Hall–Kier alpha value is -3.26. The molecule has 2 N–H and O–H groups in total. The lowest BCUT2D eigenvalue weighted by molar-refractivity contribution is -0.135. The number of amides is 3. The number of nitrogens with zero attached hydrogens (tertiary/aromatic N) is 3. The normalized spacial score (nSPS) is 19.5. The molecule has 1 atom stereocenters. The Morgan fingerprint density at radius 1 is 1.03 bits per heavy atom. The van der Waals surface area contributed by atoms with Gasteiger partial charge in [-0.3, -0.25) is 24.3 Å². The summed E-state index contributed by atoms with van der Waals surface area (Å²) in [7, 11) is 0. The zero-order valence-corrected chi connectivity index (χ0v) is 16.7. The maximum absolute atomic E-state index is 12.8. The van der Waals surface area contributed by atoms with Crippen molar-refractivity contribution in [3.8, 4) is 0 Å². The first kappa shape index (κ1) is 20.0. The van der Waals surface area contributed by atoms with Crippen LogP contribution in [0.1, 0.15) is 22.3 Å². The van der Waals surface area contributed by atoms with Crippen LogP contribution in [0.25, 0.3) is 0 Å². The molecule has 2 aliphatic heterocycles. The summed E-state index contributed by atoms with van der Waals surface area (Å²) >= 11 is 0. The average molecular weight is 407 g/mol. The minimum Gasteiger partial charge on any atom is -0.340 e. The average Bonchev–Trinajstić information content (AvgIpc) is 2.89. The van der Waals surface area contributed by atoms with Crippen LogP contribution < -0.4 is 10.6 Å². The SMILES string of the molecule is O=C1N[C@@H](CC(=O)N2CCN(CCc3ccncc3)CC2)C(=O)Nc2ccccc21. The van der Waals surface area contributed by atoms with Gasteiger partial charge in [-0.15, -0.1) is 0 Å². The monoisotopic (exact) mass is 407 g/mol. The number of benzene rings is 1. The van der Waals surface area contributed by atoms with Gasteiger partial charge in [-0.05, 0) is 36.2 Å². The van der Waals surface area contributed by atoms with Gasteiger partial charge in [0.1, 0.15) is 6.04 Å². The molecule has 2 aliphatic rings. The molecule has 3 heterocycles. The van der Waals surface area contributed by atoms with E-state index in [1.807, 2.05) is 12.1 Å². The standard InChI is InChI=1S/C22H25N5O3/c28-20(15-19-22(30)24-18-4-2-1-3-17(18)21(29)25-19)27-13-11-26(12-14-27)10-7-16-5-8-23-9-6-16/h1-6,8-9,19H,7,10-15H2,(H,24,30)(H,25,29)/t19-/m0/s1. The predicted octanol–water partition coefficient (Wildman–Crippen LogP) is 0.909. The molecule has 30 heavy (non-hydrogen) atoms. The molecular formula is C22H25N5O3. The number of para-hydroxylation sites is 1. The van der Waals surface area contributed by atoms with E-state index in [9.17, 15) is 14.4 Å². The number of pyridine rings is 1. The van der Waals surface area contributed by atoms with Gasteiger partial charge in [0, 0.05) is 45.1 Å². The van der Waals surface area contributed by atoms with E-state index in [0.29, 0.717) is 24.3 Å². The van der Waals surface area contributed by atoms with Crippen molar-refractivity contribution >= 4 is 23.4 Å². The summed E-state index contributed by atoms with van der Waals surface area (Å²) in [5.41, 5.74) is 2.13. The van der Waals surface area contributed by atoms with E-state index in [2.05, 4.69) is 20.5 Å². The highest BCUT2D eigenvalue weighted by atomic mass is 16.2. The third kappa shape index (κ3) is 4.65. The zero-order valence-electron chi connectivity index (χ0n) is 16.7. The van der Waals surface area contributed by atoms with Crippen LogP contribution in [0.2, 0.25) is 0 Å². The van der Waals surface area contributed by atoms with E-state index in [1.165, 1.54) is 5.56 Å². The Morgan fingerprint density at radius 2 is 1.77 bits per heavy atom. The number of anilines is 1. The lowest BCUT2D eigenvalue weighted by Gasteiger charge is -2.35. The lowest BCUT2D eigenvalue weighted by atomic mass is 10.1. The van der Waals surface area contributed by atoms with Crippen molar-refractivity contribution in [3.63, 3.8) is 0 Å². The number of rotatable bonds is 5. The Balaban J connectivity index is 1.28. The molecule has 8 heteroatoms. The largest absolute Gasteiger partial charge is 0.340 e. The minimum atomic E-state index is -0.873. The van der Waals surface area contributed by atoms with Crippen molar-refractivity contribution < 1.29 is 14.4 Å². The third-order valence-electron chi connectivity index (χ3n) is 5.62. The summed E-state index contributed by atoms with van der Waals surface area (Å²) < 4.78 is 0. The number of aromatic nitrogens is 1. The molecule has 0 bridgehead atoms. The predicted molar refractivity (Wildman–Crippen MR) is 112 cm³/mol. The number of hydrogen-bond donors (Lipinski definition) is 2. The Kier molecular flexibility index (Phi) is 6.04. The molecule has 1 saturated heterocycles. The van der Waals surface area contributed by atoms with Crippen LogP contribution in [0.5, 0.6) is 0 Å². The fourth-order valence-electron chi connectivity index (χ4n) is 3.82. The quantitative estimate of drug-likeness (QED) is 0.768. The lowest BCUT2D eigenvalue weighted by Crippen LogP contribution is -2.51. The Bertz CT molecular complexity index is 925. The summed E-state index contributed by atoms with van der Waals surface area (Å²) in [6.07, 6.45) is 4.51. The van der Waals surface area contributed by atoms with Gasteiger partial charge < -0.3 is 15.5 Å². The van der Waals surface area contributed by atoms with Gasteiger partial charge in [-0.25, -0.2) is 0 Å². The molecule has 1 aromatic carbocycles. The molecule has 0 radical (unpaired) electrons. The summed E-state index contributed by atoms with van der Waals surface area (Å²) in [4.78, 5) is 45.8. The van der Waals surface area contributed by atoms with Gasteiger partial charge in [0.15, 0.2) is 0 Å². The topological polar surface area (TPSA) is 94.6 Å². The molecule has 0 unspecified atom stereocenters. The van der Waals surface area contributed by atoms with Crippen molar-refractivity contribution in [2.24, 2.45) is 0 Å². The van der Waals surface area contributed by atoms with E-state index in [0.717, 1.165) is 26.1 Å². The maximum atomic E-state index is 12.8. The van der Waals surface area contributed by atoms with E-state index >= 15 is 0 Å². The van der Waals surface area contributed by atoms with Gasteiger partial charge in [-0.1, -0.05) is 12.1 Å². The number of fused-ring (bicyclic) bond motifs is 1. The number of hydrogen-bond acceptors (Lipinski definition) is 5. The van der Waals surface area contributed by atoms with Crippen LogP contribution in [0.3, 0.4) is 0 Å². The van der Waals surface area contributed by atoms with Crippen molar-refractivity contribution in [2.45, 2.75) is 18.9 Å². The van der Waals surface area contributed by atoms with Crippen molar-refractivity contribution in [2.75, 3.05) is 38.0 Å². The second-order valence-electron chi connectivity index (χ2n) is 7.59. The summed E-state index contributed by atoms with van der Waals surface area (Å²) in [6, 6.07) is 10.00. The summed E-state index contributed by atoms with van der Waals surface area (Å²) in [5, 5.41) is 5.43. The van der Waals surface area contributed by atoms with Crippen LogP contribution >= 0.6 is 0 Å². The van der Waals surface area contributed by atoms with E-state index in [4.69, 9.17) is 0 Å². The molecule has 4 rings (SSSR count). The fourth-order valence-corrected chi connectivity index (χ4v) is 3.82. The van der Waals surface area contributed by atoms with Gasteiger partial charge >= 0.3 is 0 Å². The summed E-state index contributed by atoms with van der Waals surface area (Å²) in [5.74, 6) is -0.824. The molecular weight excluding hydrogens is 382 g/mol. The second-order valence-corrected chi connectivity index (χ2v) is 7.59. The number of piperazine rings is 1. The fraction of sp³-hybridized carbons (Fsp3) is 0.364. The van der Waals surface area contributed by atoms with Crippen molar-refractivity contribution in [1.29, 1.82) is 0 Å². The van der Waals surface area contributed by atoms with Crippen LogP contribution in [-0.2, 0) is 16.0 Å². The van der Waals surface area contributed by atoms with Gasteiger partial charge in [-0.2, -0.15) is 0 Å². The number of carbonyl (C=O) groups is 3. The zero-order chi connectivity index (χ0) is 20.9. The molecule has 0 saturated carbocycles. The molecule has 8 nitrogen and oxygen atoms in total.